The van der Waals surface area contributed by atoms with Crippen molar-refractivity contribution in [1.29, 1.82) is 0 Å². The maximum Gasteiger partial charge on any atom is 0.339 e. The van der Waals surface area contributed by atoms with Crippen molar-refractivity contribution < 1.29 is 14.3 Å². The molecule has 0 radical (unpaired) electrons. The fraction of sp³-hybridized carbons (Fsp3) is 0.348. The summed E-state index contributed by atoms with van der Waals surface area (Å²) in [6.45, 7) is 0.263. The van der Waals surface area contributed by atoms with Crippen LogP contribution in [0.25, 0.3) is 10.9 Å². The quantitative estimate of drug-likeness (QED) is 0.493. The van der Waals surface area contributed by atoms with Crippen molar-refractivity contribution in [3.8, 4) is 0 Å². The van der Waals surface area contributed by atoms with E-state index in [1.54, 1.807) is 11.3 Å². The topological polar surface area (TPSA) is 68.3 Å². The van der Waals surface area contributed by atoms with Crippen LogP contribution in [0.1, 0.15) is 45.8 Å². The predicted octanol–water partition coefficient (Wildman–Crippen LogP) is 4.08. The van der Waals surface area contributed by atoms with Crippen molar-refractivity contribution in [2.75, 3.05) is 13.2 Å². The summed E-state index contributed by atoms with van der Waals surface area (Å²) in [7, 11) is 0. The van der Waals surface area contributed by atoms with Crippen LogP contribution in [0.2, 0.25) is 0 Å². The third-order valence-corrected chi connectivity index (χ3v) is 6.17. The number of aromatic nitrogens is 1. The Labute approximate surface area is 174 Å². The molecule has 0 saturated heterocycles. The van der Waals surface area contributed by atoms with E-state index >= 15 is 0 Å². The van der Waals surface area contributed by atoms with Gasteiger partial charge in [-0.2, -0.15) is 0 Å². The lowest BCUT2D eigenvalue weighted by Crippen LogP contribution is -2.30. The number of thiophene rings is 1. The van der Waals surface area contributed by atoms with Crippen LogP contribution >= 0.6 is 11.3 Å². The molecule has 4 rings (SSSR count). The second-order valence-corrected chi connectivity index (χ2v) is 8.28. The van der Waals surface area contributed by atoms with E-state index in [-0.39, 0.29) is 12.5 Å². The normalized spacial score (nSPS) is 13.5. The summed E-state index contributed by atoms with van der Waals surface area (Å²) < 4.78 is 5.42. The second kappa shape index (κ2) is 9.18. The highest BCUT2D eigenvalue weighted by molar-refractivity contribution is 7.09. The van der Waals surface area contributed by atoms with Gasteiger partial charge < -0.3 is 10.1 Å². The number of para-hydroxylation sites is 1. The average molecular weight is 409 g/mol. The van der Waals surface area contributed by atoms with Crippen LogP contribution in [-0.4, -0.2) is 30.0 Å². The third kappa shape index (κ3) is 4.65. The van der Waals surface area contributed by atoms with Crippen LogP contribution in [0.3, 0.4) is 0 Å². The number of nitrogens with one attached hydrogen (secondary N) is 1. The van der Waals surface area contributed by atoms with Gasteiger partial charge in [-0.05, 0) is 55.2 Å². The van der Waals surface area contributed by atoms with Gasteiger partial charge in [-0.25, -0.2) is 4.79 Å². The number of ether oxygens (including phenoxy) is 1. The molecule has 150 valence electrons. The van der Waals surface area contributed by atoms with E-state index < -0.39 is 5.97 Å². The van der Waals surface area contributed by atoms with Crippen LogP contribution in [0.4, 0.5) is 0 Å². The van der Waals surface area contributed by atoms with Gasteiger partial charge in [0.1, 0.15) is 0 Å². The molecule has 0 atom stereocenters. The maximum atomic E-state index is 13.0. The highest BCUT2D eigenvalue weighted by atomic mass is 32.1. The Hall–Kier alpha value is -2.73. The van der Waals surface area contributed by atoms with Crippen LogP contribution in [0, 0.1) is 0 Å². The van der Waals surface area contributed by atoms with E-state index in [2.05, 4.69) is 5.32 Å². The molecule has 0 spiro atoms. The monoisotopic (exact) mass is 408 g/mol. The van der Waals surface area contributed by atoms with Crippen molar-refractivity contribution >= 4 is 34.1 Å². The van der Waals surface area contributed by atoms with E-state index in [9.17, 15) is 9.59 Å². The van der Waals surface area contributed by atoms with Gasteiger partial charge in [0.05, 0.1) is 11.1 Å². The van der Waals surface area contributed by atoms with Crippen LogP contribution in [-0.2, 0) is 28.8 Å². The zero-order valence-electron chi connectivity index (χ0n) is 16.3. The van der Waals surface area contributed by atoms with Gasteiger partial charge >= 0.3 is 5.97 Å². The molecule has 2 heterocycles. The van der Waals surface area contributed by atoms with Gasteiger partial charge in [0.15, 0.2) is 6.61 Å². The smallest absolute Gasteiger partial charge is 0.339 e. The summed E-state index contributed by atoms with van der Waals surface area (Å²) in [4.78, 5) is 31.1. The van der Waals surface area contributed by atoms with Crippen molar-refractivity contribution in [3.63, 3.8) is 0 Å². The van der Waals surface area contributed by atoms with Crippen molar-refractivity contribution in [2.45, 2.75) is 38.5 Å². The molecular formula is C23H24N2O3S. The Kier molecular flexibility index (Phi) is 6.20. The number of esters is 1. The molecule has 1 amide bonds. The van der Waals surface area contributed by atoms with E-state index in [0.29, 0.717) is 12.1 Å². The summed E-state index contributed by atoms with van der Waals surface area (Å²) >= 11 is 1.66. The molecule has 1 N–H and O–H groups in total. The Bertz CT molecular complexity index is 1010. The molecule has 2 aromatic heterocycles. The first-order valence-electron chi connectivity index (χ1n) is 10.1. The molecule has 1 aliphatic carbocycles. The fourth-order valence-corrected chi connectivity index (χ4v) is 4.53. The van der Waals surface area contributed by atoms with Crippen LogP contribution < -0.4 is 5.32 Å². The van der Waals surface area contributed by atoms with Gasteiger partial charge in [-0.3, -0.25) is 9.78 Å². The molecule has 29 heavy (non-hydrogen) atoms. The Morgan fingerprint density at radius 3 is 2.79 bits per heavy atom. The number of carbonyl (C=O) groups is 2. The molecule has 5 nitrogen and oxygen atoms in total. The molecule has 0 saturated carbocycles. The summed E-state index contributed by atoms with van der Waals surface area (Å²) in [5.41, 5.74) is 3.37. The summed E-state index contributed by atoms with van der Waals surface area (Å²) in [6.07, 6.45) is 5.73. The number of pyridine rings is 1. The first kappa shape index (κ1) is 19.6. The lowest BCUT2D eigenvalue weighted by molar-refractivity contribution is -0.124. The largest absolute Gasteiger partial charge is 0.452 e. The van der Waals surface area contributed by atoms with Crippen molar-refractivity contribution in [3.05, 3.63) is 63.5 Å². The first-order chi connectivity index (χ1) is 14.2. The minimum atomic E-state index is -0.435. The SMILES string of the molecule is O=C(COC(=O)c1c2c(nc3ccccc13)CCCCC2)NCCc1cccs1. The molecule has 0 bridgehead atoms. The predicted molar refractivity (Wildman–Crippen MR) is 114 cm³/mol. The molecule has 6 heteroatoms. The van der Waals surface area contributed by atoms with Crippen LogP contribution in [0.15, 0.2) is 41.8 Å². The molecular weight excluding hydrogens is 384 g/mol. The molecule has 3 aromatic rings. The van der Waals surface area contributed by atoms with E-state index in [4.69, 9.17) is 9.72 Å². The van der Waals surface area contributed by atoms with Crippen molar-refractivity contribution in [1.82, 2.24) is 10.3 Å². The number of hydrogen-bond acceptors (Lipinski definition) is 5. The number of rotatable bonds is 6. The van der Waals surface area contributed by atoms with Crippen molar-refractivity contribution in [2.24, 2.45) is 0 Å². The number of hydrogen-bond donors (Lipinski definition) is 1. The summed E-state index contributed by atoms with van der Waals surface area (Å²) in [5, 5.41) is 5.63. The Morgan fingerprint density at radius 2 is 1.93 bits per heavy atom. The van der Waals surface area contributed by atoms with Gasteiger partial charge in [0.25, 0.3) is 5.91 Å². The van der Waals surface area contributed by atoms with E-state index in [0.717, 1.165) is 60.7 Å². The molecule has 1 aromatic carbocycles. The highest BCUT2D eigenvalue weighted by Crippen LogP contribution is 2.29. The lowest BCUT2D eigenvalue weighted by Gasteiger charge is -2.15. The zero-order valence-corrected chi connectivity index (χ0v) is 17.1. The highest BCUT2D eigenvalue weighted by Gasteiger charge is 2.23. The van der Waals surface area contributed by atoms with E-state index in [1.165, 1.54) is 4.88 Å². The number of fused-ring (bicyclic) bond motifs is 2. The summed E-state index contributed by atoms with van der Waals surface area (Å²) in [5.74, 6) is -0.713. The van der Waals surface area contributed by atoms with E-state index in [1.807, 2.05) is 41.8 Å². The number of aryl methyl sites for hydroxylation is 1. The second-order valence-electron chi connectivity index (χ2n) is 7.25. The van der Waals surface area contributed by atoms with Gasteiger partial charge in [0.2, 0.25) is 0 Å². The van der Waals surface area contributed by atoms with Crippen LogP contribution in [0.5, 0.6) is 0 Å². The zero-order chi connectivity index (χ0) is 20.1. The maximum absolute atomic E-state index is 13.0. The number of carbonyl (C=O) groups excluding carboxylic acids is 2. The lowest BCUT2D eigenvalue weighted by atomic mass is 9.97. The molecule has 0 fully saturated rings. The number of benzene rings is 1. The molecule has 1 aliphatic rings. The molecule has 0 aliphatic heterocycles. The fourth-order valence-electron chi connectivity index (χ4n) is 3.82. The third-order valence-electron chi connectivity index (χ3n) is 5.23. The first-order valence-corrected chi connectivity index (χ1v) is 11.0. The number of nitrogens with zero attached hydrogens (tertiary/aromatic N) is 1. The van der Waals surface area contributed by atoms with Gasteiger partial charge in [0, 0.05) is 22.5 Å². The standard InChI is InChI=1S/C23H24N2O3S/c26-21(24-13-12-16-7-6-14-29-16)15-28-23(27)22-17-8-2-1-3-10-19(17)25-20-11-5-4-9-18(20)22/h4-7,9,11,14H,1-3,8,10,12-13,15H2,(H,24,26). The van der Waals surface area contributed by atoms with Gasteiger partial charge in [-0.15, -0.1) is 11.3 Å². The summed E-state index contributed by atoms with van der Waals surface area (Å²) in [6, 6.07) is 11.7. The Balaban J connectivity index is 1.46. The van der Waals surface area contributed by atoms with Gasteiger partial charge in [-0.1, -0.05) is 30.7 Å². The average Bonchev–Trinajstić information content (AvgIpc) is 3.14. The minimum absolute atomic E-state index is 0.269. The molecule has 0 unspecified atom stereocenters. The Morgan fingerprint density at radius 1 is 1.07 bits per heavy atom. The minimum Gasteiger partial charge on any atom is -0.452 e. The number of amides is 1.